The first-order valence-electron chi connectivity index (χ1n) is 7.65. The van der Waals surface area contributed by atoms with E-state index in [9.17, 15) is 0 Å². The van der Waals surface area contributed by atoms with E-state index in [1.165, 1.54) is 0 Å². The van der Waals surface area contributed by atoms with Crippen molar-refractivity contribution in [2.45, 2.75) is 13.0 Å². The van der Waals surface area contributed by atoms with E-state index in [1.54, 1.807) is 14.2 Å². The number of aromatic nitrogens is 2. The van der Waals surface area contributed by atoms with Gasteiger partial charge in [-0.05, 0) is 29.8 Å². The number of nitrogens with one attached hydrogen (secondary N) is 2. The van der Waals surface area contributed by atoms with Gasteiger partial charge in [0.25, 0.3) is 0 Å². The van der Waals surface area contributed by atoms with E-state index >= 15 is 0 Å². The van der Waals surface area contributed by atoms with Gasteiger partial charge in [0.05, 0.1) is 25.3 Å². The number of hydrogen-bond donors (Lipinski definition) is 2. The molecule has 0 aliphatic rings. The molecule has 0 unspecified atom stereocenters. The average Bonchev–Trinajstić information content (AvgIpc) is 3.01. The fourth-order valence-corrected chi connectivity index (χ4v) is 2.55. The maximum absolute atomic E-state index is 5.32. The van der Waals surface area contributed by atoms with Gasteiger partial charge in [0.2, 0.25) is 0 Å². The second-order valence-electron chi connectivity index (χ2n) is 5.32. The molecule has 0 atom stereocenters. The van der Waals surface area contributed by atoms with Gasteiger partial charge in [-0.1, -0.05) is 18.2 Å². The van der Waals surface area contributed by atoms with Gasteiger partial charge in [-0.25, -0.2) is 4.98 Å². The van der Waals surface area contributed by atoms with Gasteiger partial charge in [0.1, 0.15) is 5.82 Å². The minimum Gasteiger partial charge on any atom is -0.493 e. The minimum atomic E-state index is 0.749. The highest BCUT2D eigenvalue weighted by Gasteiger charge is 2.05. The van der Waals surface area contributed by atoms with Crippen molar-refractivity contribution in [3.8, 4) is 11.5 Å². The number of aromatic amines is 1. The Hall–Kier alpha value is -2.53. The summed E-state index contributed by atoms with van der Waals surface area (Å²) in [7, 11) is 3.29. The number of H-pyrrole nitrogens is 1. The van der Waals surface area contributed by atoms with Gasteiger partial charge in [-0.3, -0.25) is 0 Å². The Morgan fingerprint density at radius 3 is 2.65 bits per heavy atom. The molecule has 23 heavy (non-hydrogen) atoms. The molecule has 0 aliphatic heterocycles. The summed E-state index contributed by atoms with van der Waals surface area (Å²) in [4.78, 5) is 7.92. The molecule has 0 fully saturated rings. The van der Waals surface area contributed by atoms with Gasteiger partial charge < -0.3 is 19.8 Å². The van der Waals surface area contributed by atoms with Crippen molar-refractivity contribution in [3.63, 3.8) is 0 Å². The Labute approximate surface area is 135 Å². The normalized spacial score (nSPS) is 10.9. The number of imidazole rings is 1. The largest absolute Gasteiger partial charge is 0.493 e. The first-order chi connectivity index (χ1) is 11.3. The van der Waals surface area contributed by atoms with Crippen LogP contribution in [0, 0.1) is 0 Å². The Morgan fingerprint density at radius 1 is 1.04 bits per heavy atom. The Balaban J connectivity index is 1.53. The van der Waals surface area contributed by atoms with E-state index in [0.717, 1.165) is 53.4 Å². The Morgan fingerprint density at radius 2 is 1.87 bits per heavy atom. The van der Waals surface area contributed by atoms with Crippen LogP contribution in [-0.2, 0) is 13.0 Å². The van der Waals surface area contributed by atoms with E-state index in [0.29, 0.717) is 0 Å². The van der Waals surface area contributed by atoms with Crippen LogP contribution in [0.15, 0.2) is 42.5 Å². The second kappa shape index (κ2) is 7.15. The van der Waals surface area contributed by atoms with E-state index in [4.69, 9.17) is 9.47 Å². The molecule has 0 aliphatic carbocycles. The monoisotopic (exact) mass is 311 g/mol. The summed E-state index contributed by atoms with van der Waals surface area (Å²) in [6.07, 6.45) is 0.863. The molecule has 0 bridgehead atoms. The number of nitrogens with zero attached hydrogens (tertiary/aromatic N) is 1. The molecule has 3 aromatic rings. The van der Waals surface area contributed by atoms with Gasteiger partial charge in [-0.15, -0.1) is 0 Å². The molecule has 0 saturated heterocycles. The summed E-state index contributed by atoms with van der Waals surface area (Å²) in [5, 5.41) is 3.43. The lowest BCUT2D eigenvalue weighted by atomic mass is 10.2. The molecule has 5 nitrogen and oxygen atoms in total. The molecule has 0 saturated carbocycles. The number of para-hydroxylation sites is 2. The molecule has 3 rings (SSSR count). The van der Waals surface area contributed by atoms with Crippen molar-refractivity contribution in [2.75, 3.05) is 20.8 Å². The molecule has 1 heterocycles. The van der Waals surface area contributed by atoms with Crippen LogP contribution in [0.2, 0.25) is 0 Å². The highest BCUT2D eigenvalue weighted by Crippen LogP contribution is 2.27. The van der Waals surface area contributed by atoms with Crippen LogP contribution in [-0.4, -0.2) is 30.7 Å². The quantitative estimate of drug-likeness (QED) is 0.659. The molecule has 5 heteroatoms. The zero-order valence-corrected chi connectivity index (χ0v) is 13.4. The van der Waals surface area contributed by atoms with Crippen molar-refractivity contribution in [1.82, 2.24) is 15.3 Å². The zero-order chi connectivity index (χ0) is 16.1. The SMILES string of the molecule is COc1ccc(CNCCc2nc3ccccc3[nH]2)cc1OC. The topological polar surface area (TPSA) is 59.2 Å². The lowest BCUT2D eigenvalue weighted by Gasteiger charge is -2.10. The number of ether oxygens (including phenoxy) is 2. The number of fused-ring (bicyclic) bond motifs is 1. The lowest BCUT2D eigenvalue weighted by Crippen LogP contribution is -2.17. The van der Waals surface area contributed by atoms with Crippen LogP contribution in [0.5, 0.6) is 11.5 Å². The maximum atomic E-state index is 5.32. The molecule has 0 spiro atoms. The van der Waals surface area contributed by atoms with Crippen LogP contribution in [0.1, 0.15) is 11.4 Å². The highest BCUT2D eigenvalue weighted by molar-refractivity contribution is 5.74. The Kier molecular flexibility index (Phi) is 4.78. The van der Waals surface area contributed by atoms with Gasteiger partial charge in [0, 0.05) is 19.5 Å². The average molecular weight is 311 g/mol. The number of hydrogen-bond acceptors (Lipinski definition) is 4. The summed E-state index contributed by atoms with van der Waals surface area (Å²) < 4.78 is 10.6. The van der Waals surface area contributed by atoms with Crippen molar-refractivity contribution >= 4 is 11.0 Å². The lowest BCUT2D eigenvalue weighted by molar-refractivity contribution is 0.354. The summed E-state index contributed by atoms with van der Waals surface area (Å²) in [6.45, 7) is 1.63. The highest BCUT2D eigenvalue weighted by atomic mass is 16.5. The standard InChI is InChI=1S/C18H21N3O2/c1-22-16-8-7-13(11-17(16)23-2)12-19-10-9-18-20-14-5-3-4-6-15(14)21-18/h3-8,11,19H,9-10,12H2,1-2H3,(H,20,21). The van der Waals surface area contributed by atoms with E-state index in [1.807, 2.05) is 42.5 Å². The smallest absolute Gasteiger partial charge is 0.161 e. The molecule has 0 radical (unpaired) electrons. The molecule has 2 N–H and O–H groups in total. The summed E-state index contributed by atoms with van der Waals surface area (Å²) in [5.41, 5.74) is 3.26. The fourth-order valence-electron chi connectivity index (χ4n) is 2.55. The van der Waals surface area contributed by atoms with E-state index in [-0.39, 0.29) is 0 Å². The van der Waals surface area contributed by atoms with Gasteiger partial charge in [0.15, 0.2) is 11.5 Å². The Bertz CT molecular complexity index is 750. The summed E-state index contributed by atoms with van der Waals surface area (Å²) >= 11 is 0. The molecule has 0 amide bonds. The maximum Gasteiger partial charge on any atom is 0.161 e. The van der Waals surface area contributed by atoms with Crippen LogP contribution in [0.3, 0.4) is 0 Å². The van der Waals surface area contributed by atoms with Crippen LogP contribution in [0.25, 0.3) is 11.0 Å². The van der Waals surface area contributed by atoms with Crippen molar-refractivity contribution < 1.29 is 9.47 Å². The van der Waals surface area contributed by atoms with Gasteiger partial charge in [-0.2, -0.15) is 0 Å². The number of methoxy groups -OCH3 is 2. The van der Waals surface area contributed by atoms with Crippen LogP contribution >= 0.6 is 0 Å². The van der Waals surface area contributed by atoms with Crippen molar-refractivity contribution in [1.29, 1.82) is 0 Å². The van der Waals surface area contributed by atoms with Crippen molar-refractivity contribution in [3.05, 3.63) is 53.9 Å². The zero-order valence-electron chi connectivity index (χ0n) is 13.4. The van der Waals surface area contributed by atoms with Gasteiger partial charge >= 0.3 is 0 Å². The van der Waals surface area contributed by atoms with Crippen LogP contribution in [0.4, 0.5) is 0 Å². The van der Waals surface area contributed by atoms with Crippen LogP contribution < -0.4 is 14.8 Å². The molecular formula is C18H21N3O2. The summed E-state index contributed by atoms with van der Waals surface area (Å²) in [6, 6.07) is 14.0. The van der Waals surface area contributed by atoms with Crippen molar-refractivity contribution in [2.24, 2.45) is 0 Å². The first-order valence-corrected chi connectivity index (χ1v) is 7.65. The third-order valence-electron chi connectivity index (χ3n) is 3.75. The fraction of sp³-hybridized carbons (Fsp3) is 0.278. The molecule has 120 valence electrons. The predicted octanol–water partition coefficient (Wildman–Crippen LogP) is 2.91. The minimum absolute atomic E-state index is 0.749. The summed E-state index contributed by atoms with van der Waals surface area (Å²) in [5.74, 6) is 2.51. The molecular weight excluding hydrogens is 290 g/mol. The molecule has 2 aromatic carbocycles. The third-order valence-corrected chi connectivity index (χ3v) is 3.75. The molecule has 1 aromatic heterocycles. The van der Waals surface area contributed by atoms with E-state index in [2.05, 4.69) is 15.3 Å². The third kappa shape index (κ3) is 3.63. The van der Waals surface area contributed by atoms with E-state index < -0.39 is 0 Å². The first kappa shape index (κ1) is 15.4. The second-order valence-corrected chi connectivity index (χ2v) is 5.32. The number of rotatable bonds is 7. The number of benzene rings is 2. The predicted molar refractivity (Wildman–Crippen MR) is 91.1 cm³/mol.